The molecule has 0 saturated carbocycles. The number of ether oxygens (including phenoxy) is 1. The number of rotatable bonds is 4. The SMILES string of the molecule is NC(COc1cccc(C(F)(F)F)c1)c1ccccc1O. The molecule has 0 spiro atoms. The van der Waals surface area contributed by atoms with Crippen molar-refractivity contribution in [1.29, 1.82) is 0 Å². The van der Waals surface area contributed by atoms with Crippen molar-refractivity contribution >= 4 is 0 Å². The van der Waals surface area contributed by atoms with Gasteiger partial charge in [-0.1, -0.05) is 24.3 Å². The molecule has 0 aliphatic heterocycles. The van der Waals surface area contributed by atoms with Gasteiger partial charge in [0, 0.05) is 5.56 Å². The number of halogens is 3. The van der Waals surface area contributed by atoms with Crippen molar-refractivity contribution in [2.24, 2.45) is 5.73 Å². The van der Waals surface area contributed by atoms with E-state index in [-0.39, 0.29) is 18.1 Å². The average Bonchev–Trinajstić information content (AvgIpc) is 2.45. The number of hydrogen-bond acceptors (Lipinski definition) is 3. The maximum atomic E-state index is 12.6. The van der Waals surface area contributed by atoms with Gasteiger partial charge in [0.05, 0.1) is 11.6 Å². The predicted molar refractivity (Wildman–Crippen MR) is 72.0 cm³/mol. The van der Waals surface area contributed by atoms with Crippen LogP contribution < -0.4 is 10.5 Å². The van der Waals surface area contributed by atoms with Gasteiger partial charge in [-0.2, -0.15) is 13.2 Å². The van der Waals surface area contributed by atoms with Crippen molar-refractivity contribution in [2.45, 2.75) is 12.2 Å². The van der Waals surface area contributed by atoms with E-state index in [4.69, 9.17) is 10.5 Å². The van der Waals surface area contributed by atoms with E-state index in [1.165, 1.54) is 18.2 Å². The molecule has 0 aliphatic carbocycles. The number of benzene rings is 2. The van der Waals surface area contributed by atoms with Crippen molar-refractivity contribution in [3.63, 3.8) is 0 Å². The molecule has 2 rings (SSSR count). The number of phenolic OH excluding ortho intramolecular Hbond substituents is 1. The summed E-state index contributed by atoms with van der Waals surface area (Å²) < 4.78 is 43.0. The van der Waals surface area contributed by atoms with Gasteiger partial charge in [-0.25, -0.2) is 0 Å². The minimum absolute atomic E-state index is 0.0256. The van der Waals surface area contributed by atoms with Crippen LogP contribution in [0.5, 0.6) is 11.5 Å². The molecule has 2 aromatic carbocycles. The molecule has 2 aromatic rings. The molecule has 1 unspecified atom stereocenters. The number of alkyl halides is 3. The van der Waals surface area contributed by atoms with Gasteiger partial charge >= 0.3 is 6.18 Å². The average molecular weight is 297 g/mol. The second-order valence-electron chi connectivity index (χ2n) is 4.50. The summed E-state index contributed by atoms with van der Waals surface area (Å²) in [6.45, 7) is -0.0428. The van der Waals surface area contributed by atoms with Gasteiger partial charge < -0.3 is 15.6 Å². The third-order valence-electron chi connectivity index (χ3n) is 2.93. The molecule has 1 atom stereocenters. The highest BCUT2D eigenvalue weighted by Gasteiger charge is 2.30. The second kappa shape index (κ2) is 6.05. The number of hydrogen-bond donors (Lipinski definition) is 2. The highest BCUT2D eigenvalue weighted by atomic mass is 19.4. The zero-order valence-corrected chi connectivity index (χ0v) is 11.0. The maximum absolute atomic E-state index is 12.6. The number of phenols is 1. The Hall–Kier alpha value is -2.21. The zero-order chi connectivity index (χ0) is 15.5. The molecule has 0 amide bonds. The summed E-state index contributed by atoms with van der Waals surface area (Å²) in [7, 11) is 0. The standard InChI is InChI=1S/C15H14F3NO2/c16-15(17,18)10-4-3-5-11(8-10)21-9-13(19)12-6-1-2-7-14(12)20/h1-8,13,20H,9,19H2. The molecule has 0 bridgehead atoms. The monoisotopic (exact) mass is 297 g/mol. The third kappa shape index (κ3) is 3.88. The van der Waals surface area contributed by atoms with Crippen LogP contribution in [0.4, 0.5) is 13.2 Å². The van der Waals surface area contributed by atoms with E-state index in [9.17, 15) is 18.3 Å². The highest BCUT2D eigenvalue weighted by Crippen LogP contribution is 2.31. The van der Waals surface area contributed by atoms with Crippen LogP contribution in [-0.4, -0.2) is 11.7 Å². The molecule has 6 heteroatoms. The first-order chi connectivity index (χ1) is 9.88. The Morgan fingerprint density at radius 1 is 1.10 bits per heavy atom. The number of para-hydroxylation sites is 1. The summed E-state index contributed by atoms with van der Waals surface area (Å²) in [5.74, 6) is 0.105. The minimum atomic E-state index is -4.42. The normalized spacial score (nSPS) is 13.0. The van der Waals surface area contributed by atoms with Crippen LogP contribution in [0.15, 0.2) is 48.5 Å². The van der Waals surface area contributed by atoms with Crippen molar-refractivity contribution < 1.29 is 23.0 Å². The topological polar surface area (TPSA) is 55.5 Å². The Morgan fingerprint density at radius 3 is 2.48 bits per heavy atom. The van der Waals surface area contributed by atoms with Crippen LogP contribution in [-0.2, 0) is 6.18 Å². The molecule has 3 nitrogen and oxygen atoms in total. The van der Waals surface area contributed by atoms with E-state index in [0.717, 1.165) is 12.1 Å². The molecule has 112 valence electrons. The summed E-state index contributed by atoms with van der Waals surface area (Å²) in [6.07, 6.45) is -4.42. The van der Waals surface area contributed by atoms with E-state index in [1.807, 2.05) is 0 Å². The molecule has 0 fully saturated rings. The molecule has 3 N–H and O–H groups in total. The van der Waals surface area contributed by atoms with Crippen molar-refractivity contribution in [1.82, 2.24) is 0 Å². The van der Waals surface area contributed by atoms with Crippen molar-refractivity contribution in [3.05, 3.63) is 59.7 Å². The third-order valence-corrected chi connectivity index (χ3v) is 2.93. The Labute approximate surface area is 119 Å². The Kier molecular flexibility index (Phi) is 4.37. The van der Waals surface area contributed by atoms with Crippen molar-refractivity contribution in [2.75, 3.05) is 6.61 Å². The second-order valence-corrected chi connectivity index (χ2v) is 4.50. The van der Waals surface area contributed by atoms with Gasteiger partial charge in [-0.15, -0.1) is 0 Å². The fraction of sp³-hybridized carbons (Fsp3) is 0.200. The number of aromatic hydroxyl groups is 1. The Balaban J connectivity index is 2.05. The van der Waals surface area contributed by atoms with E-state index in [2.05, 4.69) is 0 Å². The lowest BCUT2D eigenvalue weighted by Gasteiger charge is -2.15. The summed E-state index contributed by atoms with van der Waals surface area (Å²) in [5, 5.41) is 9.64. The largest absolute Gasteiger partial charge is 0.508 e. The zero-order valence-electron chi connectivity index (χ0n) is 11.0. The maximum Gasteiger partial charge on any atom is 0.416 e. The lowest BCUT2D eigenvalue weighted by molar-refractivity contribution is -0.137. The fourth-order valence-corrected chi connectivity index (χ4v) is 1.84. The van der Waals surface area contributed by atoms with E-state index < -0.39 is 17.8 Å². The van der Waals surface area contributed by atoms with Crippen LogP contribution >= 0.6 is 0 Å². The lowest BCUT2D eigenvalue weighted by Crippen LogP contribution is -2.19. The van der Waals surface area contributed by atoms with Gasteiger partial charge in [0.15, 0.2) is 0 Å². The molecule has 0 aliphatic rings. The van der Waals surface area contributed by atoms with Crippen LogP contribution in [0.1, 0.15) is 17.2 Å². The lowest BCUT2D eigenvalue weighted by atomic mass is 10.1. The van der Waals surface area contributed by atoms with Gasteiger partial charge in [0.25, 0.3) is 0 Å². The molecule has 0 aromatic heterocycles. The quantitative estimate of drug-likeness (QED) is 0.908. The summed E-state index contributed by atoms with van der Waals surface area (Å²) >= 11 is 0. The van der Waals surface area contributed by atoms with Crippen molar-refractivity contribution in [3.8, 4) is 11.5 Å². The first-order valence-corrected chi connectivity index (χ1v) is 6.21. The van der Waals surface area contributed by atoms with Gasteiger partial charge in [0.2, 0.25) is 0 Å². The molecular weight excluding hydrogens is 283 g/mol. The first kappa shape index (κ1) is 15.2. The van der Waals surface area contributed by atoms with Crippen LogP contribution in [0.3, 0.4) is 0 Å². The van der Waals surface area contributed by atoms with E-state index >= 15 is 0 Å². The minimum Gasteiger partial charge on any atom is -0.508 e. The first-order valence-electron chi connectivity index (χ1n) is 6.21. The summed E-state index contributed by atoms with van der Waals surface area (Å²) in [6, 6.07) is 10.4. The summed E-state index contributed by atoms with van der Waals surface area (Å²) in [5.41, 5.74) is 5.56. The van der Waals surface area contributed by atoms with Crippen LogP contribution in [0.2, 0.25) is 0 Å². The molecule has 21 heavy (non-hydrogen) atoms. The predicted octanol–water partition coefficient (Wildman–Crippen LogP) is 3.49. The van der Waals surface area contributed by atoms with Gasteiger partial charge in [-0.05, 0) is 24.3 Å². The van der Waals surface area contributed by atoms with Gasteiger partial charge in [-0.3, -0.25) is 0 Å². The van der Waals surface area contributed by atoms with E-state index in [1.54, 1.807) is 18.2 Å². The molecule has 0 radical (unpaired) electrons. The fourth-order valence-electron chi connectivity index (χ4n) is 1.84. The summed E-state index contributed by atoms with van der Waals surface area (Å²) in [4.78, 5) is 0. The number of nitrogens with two attached hydrogens (primary N) is 1. The van der Waals surface area contributed by atoms with Gasteiger partial charge in [0.1, 0.15) is 18.1 Å². The van der Waals surface area contributed by atoms with Crippen LogP contribution in [0.25, 0.3) is 0 Å². The smallest absolute Gasteiger partial charge is 0.416 e. The van der Waals surface area contributed by atoms with E-state index in [0.29, 0.717) is 5.56 Å². The molecule has 0 heterocycles. The van der Waals surface area contributed by atoms with Crippen LogP contribution in [0, 0.1) is 0 Å². The highest BCUT2D eigenvalue weighted by molar-refractivity contribution is 5.35. The molecular formula is C15H14F3NO2. The Bertz CT molecular complexity index is 614. The Morgan fingerprint density at radius 2 is 1.81 bits per heavy atom. The molecule has 0 saturated heterocycles.